The molecule has 0 aliphatic carbocycles. The molecule has 0 aliphatic heterocycles. The number of amides is 1. The standard InChI is InChI=1S/C24H22ClNO3S/c1-3-16-5-10-18(11-6-16)20-15-30-23(22(20)24(28)29-4-2)26-21(27)14-9-17-7-12-19(25)13-8-17/h5-15H,3-4H2,1-2H3,(H,26,27). The first kappa shape index (κ1) is 21.8. The fraction of sp³-hybridized carbons (Fsp3) is 0.167. The second kappa shape index (κ2) is 10.2. The van der Waals surface area contributed by atoms with Gasteiger partial charge in [0.25, 0.3) is 0 Å². The summed E-state index contributed by atoms with van der Waals surface area (Å²) < 4.78 is 5.24. The Labute approximate surface area is 185 Å². The molecule has 0 bridgehead atoms. The van der Waals surface area contributed by atoms with Crippen LogP contribution in [-0.4, -0.2) is 18.5 Å². The molecule has 154 valence electrons. The normalized spacial score (nSPS) is 10.9. The molecular formula is C24H22ClNO3S. The minimum Gasteiger partial charge on any atom is -0.462 e. The maximum absolute atomic E-state index is 12.6. The highest BCUT2D eigenvalue weighted by Gasteiger charge is 2.22. The van der Waals surface area contributed by atoms with Crippen molar-refractivity contribution in [2.45, 2.75) is 20.3 Å². The molecule has 0 radical (unpaired) electrons. The summed E-state index contributed by atoms with van der Waals surface area (Å²) in [6.07, 6.45) is 4.05. The number of hydrogen-bond acceptors (Lipinski definition) is 4. The third-order valence-corrected chi connectivity index (χ3v) is 5.63. The topological polar surface area (TPSA) is 55.4 Å². The average Bonchev–Trinajstić information content (AvgIpc) is 3.17. The van der Waals surface area contributed by atoms with Crippen molar-refractivity contribution >= 4 is 45.9 Å². The average molecular weight is 440 g/mol. The Kier molecular flexibility index (Phi) is 7.44. The van der Waals surface area contributed by atoms with Gasteiger partial charge in [-0.2, -0.15) is 0 Å². The molecule has 30 heavy (non-hydrogen) atoms. The number of rotatable bonds is 7. The van der Waals surface area contributed by atoms with E-state index in [-0.39, 0.29) is 12.5 Å². The second-order valence-corrected chi connectivity index (χ2v) is 7.81. The molecule has 1 aromatic heterocycles. The van der Waals surface area contributed by atoms with Crippen LogP contribution >= 0.6 is 22.9 Å². The first-order chi connectivity index (χ1) is 14.5. The van der Waals surface area contributed by atoms with Crippen molar-refractivity contribution < 1.29 is 14.3 Å². The Morgan fingerprint density at radius 2 is 1.77 bits per heavy atom. The van der Waals surface area contributed by atoms with Gasteiger partial charge >= 0.3 is 5.97 Å². The summed E-state index contributed by atoms with van der Waals surface area (Å²) in [7, 11) is 0. The first-order valence-electron chi connectivity index (χ1n) is 9.64. The Hall–Kier alpha value is -2.89. The lowest BCUT2D eigenvalue weighted by Gasteiger charge is -2.08. The largest absolute Gasteiger partial charge is 0.462 e. The lowest BCUT2D eigenvalue weighted by atomic mass is 10.0. The predicted octanol–water partition coefficient (Wildman–Crippen LogP) is 6.46. The van der Waals surface area contributed by atoms with E-state index >= 15 is 0 Å². The van der Waals surface area contributed by atoms with E-state index in [0.29, 0.717) is 15.6 Å². The van der Waals surface area contributed by atoms with Crippen molar-refractivity contribution in [2.75, 3.05) is 11.9 Å². The highest BCUT2D eigenvalue weighted by Crippen LogP contribution is 2.36. The summed E-state index contributed by atoms with van der Waals surface area (Å²) in [5, 5.41) is 5.78. The van der Waals surface area contributed by atoms with Crippen molar-refractivity contribution in [2.24, 2.45) is 0 Å². The zero-order valence-corrected chi connectivity index (χ0v) is 18.3. The number of ether oxygens (including phenoxy) is 1. The van der Waals surface area contributed by atoms with Gasteiger partial charge in [-0.25, -0.2) is 4.79 Å². The molecule has 2 aromatic carbocycles. The van der Waals surface area contributed by atoms with Crippen LogP contribution in [0.15, 0.2) is 60.0 Å². The van der Waals surface area contributed by atoms with Crippen LogP contribution in [0.2, 0.25) is 5.02 Å². The number of anilines is 1. The molecule has 0 fully saturated rings. The Balaban J connectivity index is 1.86. The van der Waals surface area contributed by atoms with E-state index in [1.807, 2.05) is 41.8 Å². The molecule has 6 heteroatoms. The predicted molar refractivity (Wildman–Crippen MR) is 124 cm³/mol. The molecule has 0 atom stereocenters. The molecule has 0 unspecified atom stereocenters. The fourth-order valence-corrected chi connectivity index (χ4v) is 3.97. The van der Waals surface area contributed by atoms with E-state index in [0.717, 1.165) is 23.1 Å². The number of aryl methyl sites for hydroxylation is 1. The number of hydrogen-bond donors (Lipinski definition) is 1. The molecule has 1 amide bonds. The number of halogens is 1. The smallest absolute Gasteiger partial charge is 0.341 e. The molecule has 4 nitrogen and oxygen atoms in total. The van der Waals surface area contributed by atoms with E-state index < -0.39 is 5.97 Å². The van der Waals surface area contributed by atoms with Crippen molar-refractivity contribution in [1.82, 2.24) is 0 Å². The maximum atomic E-state index is 12.6. The number of carbonyl (C=O) groups excluding carboxylic acids is 2. The van der Waals surface area contributed by atoms with Gasteiger partial charge in [-0.15, -0.1) is 11.3 Å². The van der Waals surface area contributed by atoms with Crippen LogP contribution in [0.5, 0.6) is 0 Å². The van der Waals surface area contributed by atoms with Gasteiger partial charge in [-0.05, 0) is 48.2 Å². The van der Waals surface area contributed by atoms with Crippen molar-refractivity contribution in [3.63, 3.8) is 0 Å². The Morgan fingerprint density at radius 3 is 2.40 bits per heavy atom. The number of nitrogens with one attached hydrogen (secondary N) is 1. The van der Waals surface area contributed by atoms with Gasteiger partial charge in [0.2, 0.25) is 5.91 Å². The molecule has 0 saturated heterocycles. The summed E-state index contributed by atoms with van der Waals surface area (Å²) in [5.41, 5.74) is 4.09. The van der Waals surface area contributed by atoms with Gasteiger partial charge in [-0.3, -0.25) is 4.79 Å². The van der Waals surface area contributed by atoms with Gasteiger partial charge < -0.3 is 10.1 Å². The van der Waals surface area contributed by atoms with Crippen LogP contribution in [0.1, 0.15) is 35.3 Å². The lowest BCUT2D eigenvalue weighted by Crippen LogP contribution is -2.12. The van der Waals surface area contributed by atoms with E-state index in [1.165, 1.54) is 23.0 Å². The summed E-state index contributed by atoms with van der Waals surface area (Å²) in [6.45, 7) is 4.11. The molecule has 0 spiro atoms. The molecule has 0 aliphatic rings. The number of carbonyl (C=O) groups is 2. The quantitative estimate of drug-likeness (QED) is 0.339. The van der Waals surface area contributed by atoms with Crippen LogP contribution in [0.25, 0.3) is 17.2 Å². The minimum atomic E-state index is -0.453. The van der Waals surface area contributed by atoms with E-state index in [4.69, 9.17) is 16.3 Å². The molecule has 0 saturated carbocycles. The highest BCUT2D eigenvalue weighted by molar-refractivity contribution is 7.15. The number of esters is 1. The van der Waals surface area contributed by atoms with Gasteiger partial charge in [-0.1, -0.05) is 54.9 Å². The van der Waals surface area contributed by atoms with Crippen LogP contribution in [0.4, 0.5) is 5.00 Å². The van der Waals surface area contributed by atoms with Crippen LogP contribution in [-0.2, 0) is 16.0 Å². The number of benzene rings is 2. The lowest BCUT2D eigenvalue weighted by molar-refractivity contribution is -0.111. The summed E-state index contributed by atoms with van der Waals surface area (Å²) in [4.78, 5) is 25.1. The van der Waals surface area contributed by atoms with Crippen molar-refractivity contribution in [3.05, 3.63) is 81.7 Å². The van der Waals surface area contributed by atoms with Gasteiger partial charge in [0.1, 0.15) is 10.6 Å². The molecule has 1 N–H and O–H groups in total. The second-order valence-electron chi connectivity index (χ2n) is 6.50. The Morgan fingerprint density at radius 1 is 1.07 bits per heavy atom. The first-order valence-corrected chi connectivity index (χ1v) is 10.9. The van der Waals surface area contributed by atoms with Gasteiger partial charge in [0, 0.05) is 22.0 Å². The molecular weight excluding hydrogens is 418 g/mol. The zero-order valence-electron chi connectivity index (χ0n) is 16.8. The van der Waals surface area contributed by atoms with Gasteiger partial charge in [0.05, 0.1) is 6.61 Å². The van der Waals surface area contributed by atoms with Crippen molar-refractivity contribution in [1.29, 1.82) is 0 Å². The molecule has 3 aromatic rings. The summed E-state index contributed by atoms with van der Waals surface area (Å²) >= 11 is 7.18. The zero-order chi connectivity index (χ0) is 21.5. The molecule has 3 rings (SSSR count). The van der Waals surface area contributed by atoms with E-state index in [1.54, 1.807) is 25.1 Å². The highest BCUT2D eigenvalue weighted by atomic mass is 35.5. The van der Waals surface area contributed by atoms with Crippen molar-refractivity contribution in [3.8, 4) is 11.1 Å². The minimum absolute atomic E-state index is 0.257. The van der Waals surface area contributed by atoms with E-state index in [2.05, 4.69) is 12.2 Å². The van der Waals surface area contributed by atoms with Gasteiger partial charge in [0.15, 0.2) is 0 Å². The summed E-state index contributed by atoms with van der Waals surface area (Å²) in [6, 6.07) is 15.2. The SMILES string of the molecule is CCOC(=O)c1c(-c2ccc(CC)cc2)csc1NC(=O)C=Cc1ccc(Cl)cc1. The summed E-state index contributed by atoms with van der Waals surface area (Å²) in [5.74, 6) is -0.782. The molecule has 1 heterocycles. The van der Waals surface area contributed by atoms with Crippen LogP contribution < -0.4 is 5.32 Å². The Bertz CT molecular complexity index is 1050. The third kappa shape index (κ3) is 5.38. The third-order valence-electron chi connectivity index (χ3n) is 4.48. The maximum Gasteiger partial charge on any atom is 0.341 e. The van der Waals surface area contributed by atoms with Crippen LogP contribution in [0.3, 0.4) is 0 Å². The number of thiophene rings is 1. The monoisotopic (exact) mass is 439 g/mol. The van der Waals surface area contributed by atoms with Crippen LogP contribution in [0, 0.1) is 0 Å². The van der Waals surface area contributed by atoms with E-state index in [9.17, 15) is 9.59 Å². The fourth-order valence-electron chi connectivity index (χ4n) is 2.89.